The van der Waals surface area contributed by atoms with Crippen LogP contribution in [-0.4, -0.2) is 42.7 Å². The molecule has 8 nitrogen and oxygen atoms in total. The molecule has 0 N–H and O–H groups in total. The van der Waals surface area contributed by atoms with Crippen molar-refractivity contribution in [3.63, 3.8) is 0 Å². The molecule has 0 spiro atoms. The number of ether oxygens (including phenoxy) is 3. The standard InChI is InChI=1S/C23H22Br3N3O5/c1-23(2,3)22-28-15-7-6-13(24)9-14(15)21(31)29(22)27-10-12-8-16(32-4)20(19(26)18(12)25)34-11-17(30)33-5/h6-10H,11H2,1-5H3. The van der Waals surface area contributed by atoms with E-state index in [4.69, 9.17) is 14.5 Å². The minimum Gasteiger partial charge on any atom is -0.493 e. The van der Waals surface area contributed by atoms with E-state index in [0.29, 0.717) is 42.7 Å². The Balaban J connectivity index is 2.14. The number of carbonyl (C=O) groups excluding carboxylic acids is 1. The third-order valence-corrected chi connectivity index (χ3v) is 7.37. The van der Waals surface area contributed by atoms with Gasteiger partial charge < -0.3 is 14.2 Å². The zero-order chi connectivity index (χ0) is 25.2. The summed E-state index contributed by atoms with van der Waals surface area (Å²) in [6.45, 7) is 5.62. The number of halogens is 3. The molecule has 3 rings (SSSR count). The lowest BCUT2D eigenvalue weighted by Crippen LogP contribution is -2.29. The van der Waals surface area contributed by atoms with Crippen LogP contribution in [-0.2, 0) is 14.9 Å². The third kappa shape index (κ3) is 5.52. The number of aromatic nitrogens is 2. The lowest BCUT2D eigenvalue weighted by Gasteiger charge is -2.21. The molecular weight excluding hydrogens is 638 g/mol. The maximum atomic E-state index is 13.4. The predicted molar refractivity (Wildman–Crippen MR) is 141 cm³/mol. The van der Waals surface area contributed by atoms with Crippen molar-refractivity contribution in [2.75, 3.05) is 20.8 Å². The molecule has 0 aliphatic heterocycles. The average molecular weight is 660 g/mol. The highest BCUT2D eigenvalue weighted by molar-refractivity contribution is 9.13. The van der Waals surface area contributed by atoms with Crippen molar-refractivity contribution in [1.29, 1.82) is 0 Å². The van der Waals surface area contributed by atoms with E-state index in [0.717, 1.165) is 4.47 Å². The fraction of sp³-hybridized carbons (Fsp3) is 0.304. The van der Waals surface area contributed by atoms with E-state index in [1.807, 2.05) is 26.8 Å². The van der Waals surface area contributed by atoms with Crippen molar-refractivity contribution in [1.82, 2.24) is 9.66 Å². The van der Waals surface area contributed by atoms with Crippen LogP contribution in [0.25, 0.3) is 10.9 Å². The molecule has 1 aromatic heterocycles. The molecule has 0 aliphatic rings. The number of carbonyl (C=O) groups is 1. The van der Waals surface area contributed by atoms with Gasteiger partial charge in [0.15, 0.2) is 18.1 Å². The highest BCUT2D eigenvalue weighted by Gasteiger charge is 2.23. The number of fused-ring (bicyclic) bond motifs is 1. The van der Waals surface area contributed by atoms with Gasteiger partial charge in [0.05, 0.1) is 35.8 Å². The number of esters is 1. The largest absolute Gasteiger partial charge is 0.493 e. The van der Waals surface area contributed by atoms with E-state index >= 15 is 0 Å². The second kappa shape index (κ2) is 10.6. The van der Waals surface area contributed by atoms with Gasteiger partial charge in [0.25, 0.3) is 5.56 Å². The molecular formula is C23H22Br3N3O5. The summed E-state index contributed by atoms with van der Waals surface area (Å²) in [5, 5.41) is 4.94. The summed E-state index contributed by atoms with van der Waals surface area (Å²) in [6, 6.07) is 7.05. The molecule has 11 heteroatoms. The van der Waals surface area contributed by atoms with Crippen molar-refractivity contribution >= 4 is 70.9 Å². The van der Waals surface area contributed by atoms with Crippen molar-refractivity contribution in [2.45, 2.75) is 26.2 Å². The lowest BCUT2D eigenvalue weighted by molar-refractivity contribution is -0.142. The molecule has 0 aliphatic carbocycles. The summed E-state index contributed by atoms with van der Waals surface area (Å²) in [7, 11) is 2.76. The summed E-state index contributed by atoms with van der Waals surface area (Å²) in [5.74, 6) is 0.676. The first-order valence-electron chi connectivity index (χ1n) is 10.0. The Bertz CT molecular complexity index is 1350. The van der Waals surface area contributed by atoms with Crippen molar-refractivity contribution < 1.29 is 19.0 Å². The summed E-state index contributed by atoms with van der Waals surface area (Å²) in [6.07, 6.45) is 1.53. The minimum absolute atomic E-state index is 0.284. The first kappa shape index (κ1) is 26.4. The van der Waals surface area contributed by atoms with Gasteiger partial charge in [0.2, 0.25) is 0 Å². The van der Waals surface area contributed by atoms with Gasteiger partial charge in [-0.05, 0) is 56.1 Å². The molecule has 180 valence electrons. The summed E-state index contributed by atoms with van der Waals surface area (Å²) in [5.41, 5.74) is 0.476. The highest BCUT2D eigenvalue weighted by atomic mass is 79.9. The Hall–Kier alpha value is -2.24. The second-order valence-electron chi connectivity index (χ2n) is 8.20. The first-order valence-corrected chi connectivity index (χ1v) is 12.4. The van der Waals surface area contributed by atoms with E-state index in [1.165, 1.54) is 25.1 Å². The van der Waals surface area contributed by atoms with E-state index in [2.05, 4.69) is 57.6 Å². The Morgan fingerprint density at radius 2 is 1.85 bits per heavy atom. The summed E-state index contributed by atoms with van der Waals surface area (Å²) >= 11 is 10.4. The van der Waals surface area contributed by atoms with Crippen molar-refractivity contribution in [2.24, 2.45) is 5.10 Å². The van der Waals surface area contributed by atoms with Crippen LogP contribution in [0.4, 0.5) is 0 Å². The molecule has 0 fully saturated rings. The van der Waals surface area contributed by atoms with Gasteiger partial charge in [-0.15, -0.1) is 0 Å². The lowest BCUT2D eigenvalue weighted by atomic mass is 9.95. The quantitative estimate of drug-likeness (QED) is 0.259. The van der Waals surface area contributed by atoms with Gasteiger partial charge in [-0.2, -0.15) is 9.78 Å². The van der Waals surface area contributed by atoms with Crippen LogP contribution in [0.1, 0.15) is 32.2 Å². The van der Waals surface area contributed by atoms with E-state index < -0.39 is 11.4 Å². The highest BCUT2D eigenvalue weighted by Crippen LogP contribution is 2.42. The van der Waals surface area contributed by atoms with Crippen LogP contribution >= 0.6 is 47.8 Å². The van der Waals surface area contributed by atoms with Crippen LogP contribution in [0, 0.1) is 0 Å². The number of nitrogens with zero attached hydrogens (tertiary/aromatic N) is 3. The van der Waals surface area contributed by atoms with Gasteiger partial charge >= 0.3 is 5.97 Å². The number of hydrogen-bond donors (Lipinski definition) is 0. The topological polar surface area (TPSA) is 92.0 Å². The minimum atomic E-state index is -0.528. The maximum Gasteiger partial charge on any atom is 0.343 e. The van der Waals surface area contributed by atoms with Gasteiger partial charge in [0, 0.05) is 19.9 Å². The van der Waals surface area contributed by atoms with E-state index in [9.17, 15) is 9.59 Å². The van der Waals surface area contributed by atoms with Gasteiger partial charge in [-0.25, -0.2) is 9.78 Å². The molecule has 3 aromatic rings. The SMILES string of the molecule is COC(=O)COc1c(OC)cc(C=Nn2c(C(C)(C)C)nc3ccc(Br)cc3c2=O)c(Br)c1Br. The normalized spacial score (nSPS) is 11.8. The maximum absolute atomic E-state index is 13.4. The molecule has 1 heterocycles. The van der Waals surface area contributed by atoms with Gasteiger partial charge in [-0.1, -0.05) is 36.7 Å². The van der Waals surface area contributed by atoms with E-state index in [-0.39, 0.29) is 12.2 Å². The smallest absolute Gasteiger partial charge is 0.343 e. The number of rotatable bonds is 6. The first-order chi connectivity index (χ1) is 16.0. The fourth-order valence-electron chi connectivity index (χ4n) is 3.04. The van der Waals surface area contributed by atoms with Crippen LogP contribution in [0.3, 0.4) is 0 Å². The second-order valence-corrected chi connectivity index (χ2v) is 10.7. The Kier molecular flexibility index (Phi) is 8.20. The monoisotopic (exact) mass is 657 g/mol. The van der Waals surface area contributed by atoms with Crippen LogP contribution < -0.4 is 15.0 Å². The Labute approximate surface area is 221 Å². The van der Waals surface area contributed by atoms with Crippen LogP contribution in [0.15, 0.2) is 47.6 Å². The average Bonchev–Trinajstić information content (AvgIpc) is 2.79. The van der Waals surface area contributed by atoms with Crippen LogP contribution in [0.2, 0.25) is 0 Å². The summed E-state index contributed by atoms with van der Waals surface area (Å²) in [4.78, 5) is 29.6. The molecule has 0 atom stereocenters. The molecule has 0 radical (unpaired) electrons. The number of hydrogen-bond acceptors (Lipinski definition) is 7. The van der Waals surface area contributed by atoms with Crippen molar-refractivity contribution in [3.05, 3.63) is 59.4 Å². The fourth-order valence-corrected chi connectivity index (χ4v) is 4.33. The molecule has 34 heavy (non-hydrogen) atoms. The molecule has 0 saturated heterocycles. The van der Waals surface area contributed by atoms with Gasteiger partial charge in [-0.3, -0.25) is 4.79 Å². The van der Waals surface area contributed by atoms with Crippen LogP contribution in [0.5, 0.6) is 11.5 Å². The zero-order valence-corrected chi connectivity index (χ0v) is 23.9. The number of benzene rings is 2. The third-order valence-electron chi connectivity index (χ3n) is 4.73. The Morgan fingerprint density at radius 3 is 2.47 bits per heavy atom. The Morgan fingerprint density at radius 1 is 1.15 bits per heavy atom. The number of methoxy groups -OCH3 is 2. The van der Waals surface area contributed by atoms with Gasteiger partial charge in [0.1, 0.15) is 5.82 Å². The summed E-state index contributed by atoms with van der Waals surface area (Å²) < 4.78 is 18.8. The predicted octanol–water partition coefficient (Wildman–Crippen LogP) is 5.42. The molecule has 0 unspecified atom stereocenters. The zero-order valence-electron chi connectivity index (χ0n) is 19.1. The van der Waals surface area contributed by atoms with E-state index in [1.54, 1.807) is 18.2 Å². The molecule has 0 bridgehead atoms. The molecule has 0 amide bonds. The molecule has 2 aromatic carbocycles. The van der Waals surface area contributed by atoms with Crippen molar-refractivity contribution in [3.8, 4) is 11.5 Å². The molecule has 0 saturated carbocycles.